The van der Waals surface area contributed by atoms with Crippen molar-refractivity contribution in [3.63, 3.8) is 0 Å². The Balaban J connectivity index is -0.000000422. The fourth-order valence-electron chi connectivity index (χ4n) is 2.39. The molecule has 1 rings (SSSR count). The molecular formula is C21H39N5O3S4Zn. The second-order valence-corrected chi connectivity index (χ2v) is 9.35. The summed E-state index contributed by atoms with van der Waals surface area (Å²) < 4.78 is 1.27. The van der Waals surface area contributed by atoms with Crippen molar-refractivity contribution in [2.45, 2.75) is 79.1 Å². The molecule has 0 bridgehead atoms. The number of thiocarbonyl (C=S) groups is 2. The van der Waals surface area contributed by atoms with Crippen LogP contribution in [0.2, 0.25) is 0 Å². The standard InChI is InChI=1S/2C9H19NS2.C3H3N3O3.Zn/c2*1-3-5-7-10(9(11)12)8-6-4-2;7-1-4-2(8)6-3(9)5-1;/h2*3-8H2,1-2H3,(H,11,12);(H3,4,5,6,7,8,9);/q;;;+2/p-2. The Morgan fingerprint density at radius 3 is 0.971 bits per heavy atom. The molecule has 0 saturated heterocycles. The number of nitrogens with zero attached hydrogens (tertiary/aromatic N) is 2. The zero-order chi connectivity index (χ0) is 25.6. The third kappa shape index (κ3) is 23.0. The quantitative estimate of drug-likeness (QED) is 0.189. The third-order valence-electron chi connectivity index (χ3n) is 4.32. The molecule has 0 aromatic carbocycles. The summed E-state index contributed by atoms with van der Waals surface area (Å²) >= 11 is 19.9. The number of aromatic amines is 3. The Morgan fingerprint density at radius 1 is 0.618 bits per heavy atom. The smallest absolute Gasteiger partial charge is 0.411 e. The number of rotatable bonds is 12. The Hall–Kier alpha value is -0.747. The molecular weight excluding hydrogens is 564 g/mol. The maximum atomic E-state index is 10.2. The van der Waals surface area contributed by atoms with Gasteiger partial charge in [0.1, 0.15) is 0 Å². The SMILES string of the molecule is CCCCN(CCCC)C(=S)[S-].CCCCN(CCCC)C(=S)[S-].O=c1[nH]c(=O)[nH]c(=O)[nH]1.[Zn+2]. The van der Waals surface area contributed by atoms with Crippen LogP contribution in [-0.2, 0) is 44.7 Å². The summed E-state index contributed by atoms with van der Waals surface area (Å²) in [4.78, 5) is 40.2. The second-order valence-electron chi connectivity index (χ2n) is 7.28. The van der Waals surface area contributed by atoms with Crippen LogP contribution in [0.3, 0.4) is 0 Å². The van der Waals surface area contributed by atoms with Gasteiger partial charge in [0.05, 0.1) is 0 Å². The summed E-state index contributed by atoms with van der Waals surface area (Å²) in [6.07, 6.45) is 9.62. The second kappa shape index (κ2) is 25.3. The zero-order valence-electron chi connectivity index (χ0n) is 20.9. The van der Waals surface area contributed by atoms with E-state index in [1.165, 1.54) is 51.4 Å². The van der Waals surface area contributed by atoms with Crippen LogP contribution in [0.4, 0.5) is 0 Å². The average molecular weight is 603 g/mol. The summed E-state index contributed by atoms with van der Waals surface area (Å²) in [6.45, 7) is 12.9. The summed E-state index contributed by atoms with van der Waals surface area (Å²) in [7, 11) is 0. The van der Waals surface area contributed by atoms with Crippen molar-refractivity contribution < 1.29 is 19.5 Å². The largest absolute Gasteiger partial charge is 2.00 e. The molecule has 1 aromatic rings. The molecule has 8 nitrogen and oxygen atoms in total. The van der Waals surface area contributed by atoms with Gasteiger partial charge in [0.2, 0.25) is 0 Å². The number of aromatic nitrogens is 3. The summed E-state index contributed by atoms with van der Waals surface area (Å²) in [5, 5.41) is 0. The van der Waals surface area contributed by atoms with E-state index >= 15 is 0 Å². The predicted octanol–water partition coefficient (Wildman–Crippen LogP) is 3.19. The van der Waals surface area contributed by atoms with Gasteiger partial charge in [-0.3, -0.25) is 15.0 Å². The van der Waals surface area contributed by atoms with Gasteiger partial charge in [0, 0.05) is 26.2 Å². The minimum atomic E-state index is -0.802. The van der Waals surface area contributed by atoms with E-state index < -0.39 is 17.1 Å². The molecule has 34 heavy (non-hydrogen) atoms. The van der Waals surface area contributed by atoms with Gasteiger partial charge in [0.15, 0.2) is 0 Å². The average Bonchev–Trinajstić information content (AvgIpc) is 2.73. The minimum absolute atomic E-state index is 0. The van der Waals surface area contributed by atoms with E-state index in [0.717, 1.165) is 26.2 Å². The first-order valence-electron chi connectivity index (χ1n) is 11.5. The molecule has 0 unspecified atom stereocenters. The van der Waals surface area contributed by atoms with Crippen LogP contribution in [0, 0.1) is 0 Å². The van der Waals surface area contributed by atoms with Crippen LogP contribution in [0.1, 0.15) is 79.1 Å². The molecule has 13 heteroatoms. The van der Waals surface area contributed by atoms with Gasteiger partial charge in [-0.1, -0.05) is 62.0 Å². The Labute approximate surface area is 238 Å². The van der Waals surface area contributed by atoms with Gasteiger partial charge in [-0.2, -0.15) is 0 Å². The maximum absolute atomic E-state index is 10.2. The number of nitrogens with one attached hydrogen (secondary N) is 3. The molecule has 192 valence electrons. The first-order chi connectivity index (χ1) is 15.6. The molecule has 0 atom stereocenters. The minimum Gasteiger partial charge on any atom is -0.411 e. The van der Waals surface area contributed by atoms with Crippen molar-refractivity contribution in [3.8, 4) is 0 Å². The molecule has 3 N–H and O–H groups in total. The van der Waals surface area contributed by atoms with Crippen LogP contribution < -0.4 is 17.1 Å². The van der Waals surface area contributed by atoms with Gasteiger partial charge in [0.25, 0.3) is 0 Å². The van der Waals surface area contributed by atoms with Gasteiger partial charge >= 0.3 is 36.5 Å². The third-order valence-corrected chi connectivity index (χ3v) is 5.36. The molecule has 0 fully saturated rings. The topological polar surface area (TPSA) is 105 Å². The fourth-order valence-corrected chi connectivity index (χ4v) is 3.12. The van der Waals surface area contributed by atoms with E-state index in [0.29, 0.717) is 8.64 Å². The van der Waals surface area contributed by atoms with E-state index in [4.69, 9.17) is 49.7 Å². The van der Waals surface area contributed by atoms with Gasteiger partial charge in [-0.25, -0.2) is 14.4 Å². The predicted molar refractivity (Wildman–Crippen MR) is 151 cm³/mol. The molecule has 0 aliphatic carbocycles. The summed E-state index contributed by atoms with van der Waals surface area (Å²) in [5.74, 6) is 0. The summed E-state index contributed by atoms with van der Waals surface area (Å²) in [6, 6.07) is 0. The van der Waals surface area contributed by atoms with Crippen LogP contribution in [0.5, 0.6) is 0 Å². The number of unbranched alkanes of at least 4 members (excludes halogenated alkanes) is 4. The van der Waals surface area contributed by atoms with Gasteiger partial charge in [-0.15, -0.1) is 0 Å². The number of hydrogen-bond acceptors (Lipinski definition) is 7. The molecule has 0 radical (unpaired) electrons. The Kier molecular flexibility index (Phi) is 28.2. The van der Waals surface area contributed by atoms with Crippen molar-refractivity contribution >= 4 is 58.3 Å². The van der Waals surface area contributed by atoms with Crippen molar-refractivity contribution in [1.82, 2.24) is 24.8 Å². The number of hydrogen-bond donors (Lipinski definition) is 3. The molecule has 1 aromatic heterocycles. The van der Waals surface area contributed by atoms with Gasteiger partial charge < -0.3 is 59.5 Å². The molecule has 0 aliphatic heterocycles. The van der Waals surface area contributed by atoms with E-state index in [2.05, 4.69) is 37.5 Å². The monoisotopic (exact) mass is 601 g/mol. The molecule has 1 heterocycles. The van der Waals surface area contributed by atoms with Crippen LogP contribution in [0.15, 0.2) is 14.4 Å². The van der Waals surface area contributed by atoms with Crippen LogP contribution in [0.25, 0.3) is 0 Å². The van der Waals surface area contributed by atoms with E-state index in [1.54, 1.807) is 15.0 Å². The normalized spacial score (nSPS) is 9.41. The number of H-pyrrole nitrogens is 3. The molecule has 0 saturated carbocycles. The Bertz CT molecular complexity index is 692. The van der Waals surface area contributed by atoms with Crippen molar-refractivity contribution in [1.29, 1.82) is 0 Å². The van der Waals surface area contributed by atoms with E-state index in [-0.39, 0.29) is 19.5 Å². The van der Waals surface area contributed by atoms with E-state index in [9.17, 15) is 14.4 Å². The molecule has 0 amide bonds. The van der Waals surface area contributed by atoms with Crippen molar-refractivity contribution in [2.75, 3.05) is 26.2 Å². The van der Waals surface area contributed by atoms with Crippen LogP contribution >= 0.6 is 24.4 Å². The molecule has 0 spiro atoms. The fraction of sp³-hybridized carbons (Fsp3) is 0.762. The first kappa shape index (κ1) is 37.8. The summed E-state index contributed by atoms with van der Waals surface area (Å²) in [5.41, 5.74) is -2.41. The van der Waals surface area contributed by atoms with Crippen molar-refractivity contribution in [2.24, 2.45) is 0 Å². The Morgan fingerprint density at radius 2 is 0.824 bits per heavy atom. The maximum Gasteiger partial charge on any atom is 2.00 e. The van der Waals surface area contributed by atoms with Crippen molar-refractivity contribution in [3.05, 3.63) is 31.5 Å². The van der Waals surface area contributed by atoms with E-state index in [1.807, 2.05) is 0 Å². The van der Waals surface area contributed by atoms with Crippen LogP contribution in [-0.4, -0.2) is 59.6 Å². The van der Waals surface area contributed by atoms with Gasteiger partial charge in [-0.05, 0) is 25.7 Å². The molecule has 0 aliphatic rings. The first-order valence-corrected chi connectivity index (χ1v) is 13.1. The zero-order valence-corrected chi connectivity index (χ0v) is 27.2.